The van der Waals surface area contributed by atoms with Gasteiger partial charge in [0.15, 0.2) is 0 Å². The number of halogens is 1. The molecule has 7 heteroatoms. The van der Waals surface area contributed by atoms with E-state index in [1.54, 1.807) is 17.0 Å². The number of hydrogen-bond donors (Lipinski definition) is 1. The SMILES string of the molecule is O=C(NCC1CN(Cc2ccccc2)C(=O)O1)c1ccc(Cl)s1. The van der Waals surface area contributed by atoms with Gasteiger partial charge in [-0.3, -0.25) is 4.79 Å². The van der Waals surface area contributed by atoms with E-state index in [2.05, 4.69) is 5.32 Å². The molecule has 1 aromatic heterocycles. The third-order valence-corrected chi connectivity index (χ3v) is 4.68. The van der Waals surface area contributed by atoms with E-state index in [0.717, 1.165) is 5.56 Å². The zero-order chi connectivity index (χ0) is 16.2. The standard InChI is InChI=1S/C16H15ClN2O3S/c17-14-7-6-13(23-14)15(20)18-8-12-10-19(16(21)22-12)9-11-4-2-1-3-5-11/h1-7,12H,8-10H2,(H,18,20). The van der Waals surface area contributed by atoms with Crippen LogP contribution in [0.5, 0.6) is 0 Å². The molecule has 120 valence electrons. The van der Waals surface area contributed by atoms with Gasteiger partial charge >= 0.3 is 6.09 Å². The van der Waals surface area contributed by atoms with Crippen LogP contribution in [0.4, 0.5) is 4.79 Å². The van der Waals surface area contributed by atoms with Crippen LogP contribution in [-0.4, -0.2) is 36.1 Å². The monoisotopic (exact) mass is 350 g/mol. The number of nitrogens with one attached hydrogen (secondary N) is 1. The number of amides is 2. The summed E-state index contributed by atoms with van der Waals surface area (Å²) in [6, 6.07) is 13.1. The van der Waals surface area contributed by atoms with E-state index in [-0.39, 0.29) is 24.6 Å². The summed E-state index contributed by atoms with van der Waals surface area (Å²) in [6.07, 6.45) is -0.696. The number of carbonyl (C=O) groups is 2. The Morgan fingerprint density at radius 3 is 2.78 bits per heavy atom. The number of cyclic esters (lactones) is 1. The van der Waals surface area contributed by atoms with E-state index < -0.39 is 0 Å². The summed E-state index contributed by atoms with van der Waals surface area (Å²) in [5.74, 6) is -0.209. The minimum Gasteiger partial charge on any atom is -0.442 e. The van der Waals surface area contributed by atoms with Gasteiger partial charge in [-0.25, -0.2) is 4.79 Å². The highest BCUT2D eigenvalue weighted by atomic mass is 35.5. The van der Waals surface area contributed by atoms with Gasteiger partial charge in [-0.2, -0.15) is 0 Å². The molecule has 1 saturated heterocycles. The normalized spacial score (nSPS) is 17.2. The summed E-state index contributed by atoms with van der Waals surface area (Å²) in [4.78, 5) is 26.0. The second-order valence-electron chi connectivity index (χ2n) is 5.19. The van der Waals surface area contributed by atoms with Gasteiger partial charge in [-0.15, -0.1) is 11.3 Å². The second-order valence-corrected chi connectivity index (χ2v) is 6.90. The van der Waals surface area contributed by atoms with Gasteiger partial charge in [-0.1, -0.05) is 41.9 Å². The summed E-state index contributed by atoms with van der Waals surface area (Å²) in [5.41, 5.74) is 1.04. The van der Waals surface area contributed by atoms with Crippen molar-refractivity contribution in [1.29, 1.82) is 0 Å². The van der Waals surface area contributed by atoms with Crippen LogP contribution in [0, 0.1) is 0 Å². The lowest BCUT2D eigenvalue weighted by molar-refractivity contribution is 0.0918. The molecule has 2 amide bonds. The fourth-order valence-electron chi connectivity index (χ4n) is 2.34. The number of rotatable bonds is 5. The Bertz CT molecular complexity index is 704. The lowest BCUT2D eigenvalue weighted by atomic mass is 10.2. The molecule has 1 fully saturated rings. The molecule has 1 aromatic carbocycles. The van der Waals surface area contributed by atoms with Crippen molar-refractivity contribution in [1.82, 2.24) is 10.2 Å². The Morgan fingerprint density at radius 1 is 1.30 bits per heavy atom. The largest absolute Gasteiger partial charge is 0.442 e. The predicted octanol–water partition coefficient (Wildman–Crippen LogP) is 3.15. The molecule has 2 aromatic rings. The minimum absolute atomic E-state index is 0.209. The maximum absolute atomic E-state index is 12.0. The first kappa shape index (κ1) is 15.8. The third kappa shape index (κ3) is 4.03. The van der Waals surface area contributed by atoms with E-state index in [1.807, 2.05) is 30.3 Å². The van der Waals surface area contributed by atoms with Crippen LogP contribution in [-0.2, 0) is 11.3 Å². The minimum atomic E-state index is -0.354. The molecule has 1 aliphatic heterocycles. The van der Waals surface area contributed by atoms with E-state index in [4.69, 9.17) is 16.3 Å². The summed E-state index contributed by atoms with van der Waals surface area (Å²) in [7, 11) is 0. The summed E-state index contributed by atoms with van der Waals surface area (Å²) in [6.45, 7) is 1.25. The average molecular weight is 351 g/mol. The lowest BCUT2D eigenvalue weighted by Gasteiger charge is -2.12. The summed E-state index contributed by atoms with van der Waals surface area (Å²) in [5, 5.41) is 2.77. The van der Waals surface area contributed by atoms with Crippen molar-refractivity contribution in [2.75, 3.05) is 13.1 Å². The van der Waals surface area contributed by atoms with Crippen LogP contribution < -0.4 is 5.32 Å². The topological polar surface area (TPSA) is 58.6 Å². The van der Waals surface area contributed by atoms with Crippen LogP contribution in [0.3, 0.4) is 0 Å². The van der Waals surface area contributed by atoms with Crippen molar-refractivity contribution in [3.05, 3.63) is 57.2 Å². The van der Waals surface area contributed by atoms with Crippen molar-refractivity contribution in [2.24, 2.45) is 0 Å². The molecule has 0 spiro atoms. The molecule has 1 atom stereocenters. The number of ether oxygens (including phenoxy) is 1. The smallest absolute Gasteiger partial charge is 0.410 e. The fraction of sp³-hybridized carbons (Fsp3) is 0.250. The van der Waals surface area contributed by atoms with Gasteiger partial charge in [0, 0.05) is 6.54 Å². The Kier molecular flexibility index (Phi) is 4.83. The van der Waals surface area contributed by atoms with Crippen LogP contribution in [0.25, 0.3) is 0 Å². The third-order valence-electron chi connectivity index (χ3n) is 3.45. The highest BCUT2D eigenvalue weighted by Crippen LogP contribution is 2.21. The number of hydrogen-bond acceptors (Lipinski definition) is 4. The zero-order valence-electron chi connectivity index (χ0n) is 12.2. The van der Waals surface area contributed by atoms with Crippen LogP contribution in [0.2, 0.25) is 4.34 Å². The molecule has 3 rings (SSSR count). The Labute approximate surface area is 142 Å². The average Bonchev–Trinajstić information content (AvgIpc) is 3.13. The molecule has 1 N–H and O–H groups in total. The Hall–Kier alpha value is -2.05. The lowest BCUT2D eigenvalue weighted by Crippen LogP contribution is -2.34. The van der Waals surface area contributed by atoms with Gasteiger partial charge < -0.3 is 15.0 Å². The van der Waals surface area contributed by atoms with E-state index in [9.17, 15) is 9.59 Å². The fourth-order valence-corrected chi connectivity index (χ4v) is 3.30. The van der Waals surface area contributed by atoms with Crippen molar-refractivity contribution in [3.8, 4) is 0 Å². The summed E-state index contributed by atoms with van der Waals surface area (Å²) < 4.78 is 5.85. The Balaban J connectivity index is 1.50. The van der Waals surface area contributed by atoms with Crippen molar-refractivity contribution < 1.29 is 14.3 Å². The molecule has 0 radical (unpaired) electrons. The molecule has 0 saturated carbocycles. The van der Waals surface area contributed by atoms with Crippen LogP contribution >= 0.6 is 22.9 Å². The van der Waals surface area contributed by atoms with Crippen molar-refractivity contribution in [3.63, 3.8) is 0 Å². The molecular formula is C16H15ClN2O3S. The highest BCUT2D eigenvalue weighted by molar-refractivity contribution is 7.17. The van der Waals surface area contributed by atoms with E-state index >= 15 is 0 Å². The summed E-state index contributed by atoms with van der Waals surface area (Å²) >= 11 is 7.03. The van der Waals surface area contributed by atoms with Crippen molar-refractivity contribution in [2.45, 2.75) is 12.6 Å². The zero-order valence-corrected chi connectivity index (χ0v) is 13.8. The van der Waals surface area contributed by atoms with Crippen LogP contribution in [0.1, 0.15) is 15.2 Å². The molecule has 5 nitrogen and oxygen atoms in total. The second kappa shape index (κ2) is 7.02. The number of thiophene rings is 1. The van der Waals surface area contributed by atoms with E-state index in [1.165, 1.54) is 11.3 Å². The van der Waals surface area contributed by atoms with Gasteiger partial charge in [0.05, 0.1) is 22.3 Å². The first-order valence-electron chi connectivity index (χ1n) is 7.15. The quantitative estimate of drug-likeness (QED) is 0.901. The van der Waals surface area contributed by atoms with Gasteiger partial charge in [0.25, 0.3) is 5.91 Å². The van der Waals surface area contributed by atoms with Crippen LogP contribution in [0.15, 0.2) is 42.5 Å². The van der Waals surface area contributed by atoms with Crippen molar-refractivity contribution >= 4 is 34.9 Å². The maximum Gasteiger partial charge on any atom is 0.410 e. The Morgan fingerprint density at radius 2 is 2.09 bits per heavy atom. The van der Waals surface area contributed by atoms with E-state index in [0.29, 0.717) is 22.3 Å². The highest BCUT2D eigenvalue weighted by Gasteiger charge is 2.31. The first-order valence-corrected chi connectivity index (χ1v) is 8.34. The predicted molar refractivity (Wildman–Crippen MR) is 88.8 cm³/mol. The molecule has 23 heavy (non-hydrogen) atoms. The van der Waals surface area contributed by atoms with Gasteiger partial charge in [-0.05, 0) is 17.7 Å². The molecule has 2 heterocycles. The van der Waals surface area contributed by atoms with Gasteiger partial charge in [0.1, 0.15) is 6.10 Å². The first-order chi connectivity index (χ1) is 11.1. The molecule has 1 unspecified atom stereocenters. The molecule has 1 aliphatic rings. The molecule has 0 aliphatic carbocycles. The maximum atomic E-state index is 12.0. The number of carbonyl (C=O) groups excluding carboxylic acids is 2. The van der Waals surface area contributed by atoms with Gasteiger partial charge in [0.2, 0.25) is 0 Å². The molecule has 0 bridgehead atoms. The molecular weight excluding hydrogens is 336 g/mol. The number of benzene rings is 1. The number of nitrogens with zero attached hydrogens (tertiary/aromatic N) is 1.